The van der Waals surface area contributed by atoms with Gasteiger partial charge in [0.25, 0.3) is 0 Å². The van der Waals surface area contributed by atoms with Gasteiger partial charge in [-0.25, -0.2) is 0 Å². The standard InChI is InChI=1S/C11H7Cl2NOS2/c12-9-10(17-14-11(9)13)8(15)6-16-7-4-2-1-3-5-7/h1-5H,6H2. The lowest BCUT2D eigenvalue weighted by atomic mass is 10.4. The van der Waals surface area contributed by atoms with E-state index < -0.39 is 0 Å². The van der Waals surface area contributed by atoms with Crippen molar-refractivity contribution in [1.82, 2.24) is 4.37 Å². The van der Waals surface area contributed by atoms with Gasteiger partial charge >= 0.3 is 0 Å². The molecule has 2 rings (SSSR count). The van der Waals surface area contributed by atoms with E-state index in [0.717, 1.165) is 16.4 Å². The number of halogens is 2. The van der Waals surface area contributed by atoms with Crippen molar-refractivity contribution in [3.8, 4) is 0 Å². The number of rotatable bonds is 4. The minimum Gasteiger partial charge on any atom is -0.292 e. The van der Waals surface area contributed by atoms with Crippen molar-refractivity contribution >= 4 is 52.3 Å². The van der Waals surface area contributed by atoms with Crippen LogP contribution in [0.3, 0.4) is 0 Å². The molecule has 0 fully saturated rings. The molecule has 0 amide bonds. The van der Waals surface area contributed by atoms with Crippen molar-refractivity contribution in [2.24, 2.45) is 0 Å². The van der Waals surface area contributed by atoms with Crippen LogP contribution in [0.2, 0.25) is 10.2 Å². The predicted molar refractivity (Wildman–Crippen MR) is 73.6 cm³/mol. The highest BCUT2D eigenvalue weighted by Gasteiger charge is 2.17. The Bertz CT molecular complexity index is 528. The van der Waals surface area contributed by atoms with Crippen molar-refractivity contribution < 1.29 is 4.79 Å². The van der Waals surface area contributed by atoms with Crippen molar-refractivity contribution in [2.75, 3.05) is 5.75 Å². The topological polar surface area (TPSA) is 30.0 Å². The number of ketones is 1. The molecule has 0 aliphatic carbocycles. The molecule has 2 aromatic rings. The fourth-order valence-corrected chi connectivity index (χ4v) is 3.22. The van der Waals surface area contributed by atoms with Crippen molar-refractivity contribution in [2.45, 2.75) is 4.90 Å². The van der Waals surface area contributed by atoms with Gasteiger partial charge in [0.2, 0.25) is 0 Å². The number of carbonyl (C=O) groups excluding carboxylic acids is 1. The van der Waals surface area contributed by atoms with Gasteiger partial charge in [-0.2, -0.15) is 4.37 Å². The molecule has 0 atom stereocenters. The third-order valence-electron chi connectivity index (χ3n) is 1.96. The van der Waals surface area contributed by atoms with E-state index >= 15 is 0 Å². The van der Waals surface area contributed by atoms with Crippen LogP contribution in [0.1, 0.15) is 9.67 Å². The van der Waals surface area contributed by atoms with E-state index in [1.54, 1.807) is 0 Å². The minimum atomic E-state index is -0.0479. The molecule has 6 heteroatoms. The molecule has 88 valence electrons. The fourth-order valence-electron chi connectivity index (χ4n) is 1.16. The second-order valence-corrected chi connectivity index (χ2v) is 5.70. The molecule has 0 aliphatic heterocycles. The molecular formula is C11H7Cl2NOS2. The molecule has 17 heavy (non-hydrogen) atoms. The molecule has 0 bridgehead atoms. The lowest BCUT2D eigenvalue weighted by Gasteiger charge is -1.99. The monoisotopic (exact) mass is 303 g/mol. The van der Waals surface area contributed by atoms with Crippen LogP contribution < -0.4 is 0 Å². The van der Waals surface area contributed by atoms with Gasteiger partial charge in [-0.1, -0.05) is 41.4 Å². The van der Waals surface area contributed by atoms with Crippen LogP contribution in [0.15, 0.2) is 35.2 Å². The summed E-state index contributed by atoms with van der Waals surface area (Å²) in [5.41, 5.74) is 0. The lowest BCUT2D eigenvalue weighted by molar-refractivity contribution is 0.102. The van der Waals surface area contributed by atoms with E-state index in [9.17, 15) is 4.79 Å². The zero-order chi connectivity index (χ0) is 12.3. The second kappa shape index (κ2) is 5.87. The van der Waals surface area contributed by atoms with E-state index in [0.29, 0.717) is 10.6 Å². The molecule has 0 unspecified atom stereocenters. The van der Waals surface area contributed by atoms with E-state index in [-0.39, 0.29) is 16.0 Å². The number of hydrogen-bond donors (Lipinski definition) is 0. The van der Waals surface area contributed by atoms with Crippen LogP contribution in [-0.2, 0) is 0 Å². The number of thioether (sulfide) groups is 1. The molecule has 0 radical (unpaired) electrons. The first-order valence-corrected chi connectivity index (χ1v) is 7.21. The molecule has 0 aliphatic rings. The zero-order valence-electron chi connectivity index (χ0n) is 8.52. The number of benzene rings is 1. The first-order valence-electron chi connectivity index (χ1n) is 4.70. The quantitative estimate of drug-likeness (QED) is 0.618. The maximum atomic E-state index is 11.9. The minimum absolute atomic E-state index is 0.0479. The summed E-state index contributed by atoms with van der Waals surface area (Å²) in [5.74, 6) is 0.288. The van der Waals surface area contributed by atoms with Gasteiger partial charge in [-0.15, -0.1) is 11.8 Å². The average molecular weight is 304 g/mol. The summed E-state index contributed by atoms with van der Waals surface area (Å²) in [6.07, 6.45) is 0. The van der Waals surface area contributed by atoms with Gasteiger partial charge in [-0.05, 0) is 23.7 Å². The second-order valence-electron chi connectivity index (χ2n) is 3.14. The summed E-state index contributed by atoms with van der Waals surface area (Å²) >= 11 is 14.1. The number of Topliss-reactive ketones (excluding diaryl/α,β-unsaturated/α-hetero) is 1. The Morgan fingerprint density at radius 1 is 1.29 bits per heavy atom. The summed E-state index contributed by atoms with van der Waals surface area (Å²) in [6, 6.07) is 9.72. The Balaban J connectivity index is 2.01. The van der Waals surface area contributed by atoms with Gasteiger partial charge < -0.3 is 0 Å². The summed E-state index contributed by atoms with van der Waals surface area (Å²) in [6.45, 7) is 0. The van der Waals surface area contributed by atoms with Crippen LogP contribution in [0.4, 0.5) is 0 Å². The van der Waals surface area contributed by atoms with Crippen molar-refractivity contribution in [3.63, 3.8) is 0 Å². The Morgan fingerprint density at radius 3 is 2.59 bits per heavy atom. The number of nitrogens with zero attached hydrogens (tertiary/aromatic N) is 1. The SMILES string of the molecule is O=C(CSc1ccccc1)c1snc(Cl)c1Cl. The number of aromatic nitrogens is 1. The number of hydrogen-bond acceptors (Lipinski definition) is 4. The van der Waals surface area contributed by atoms with Crippen LogP contribution in [0.25, 0.3) is 0 Å². The van der Waals surface area contributed by atoms with E-state index in [2.05, 4.69) is 4.37 Å². The Hall–Kier alpha value is -0.550. The summed E-state index contributed by atoms with van der Waals surface area (Å²) in [4.78, 5) is 13.3. The first kappa shape index (κ1) is 12.9. The van der Waals surface area contributed by atoms with Gasteiger partial charge in [0.1, 0.15) is 9.90 Å². The highest BCUT2D eigenvalue weighted by atomic mass is 35.5. The third-order valence-corrected chi connectivity index (χ3v) is 4.81. The van der Waals surface area contributed by atoms with E-state index in [1.807, 2.05) is 30.3 Å². The van der Waals surface area contributed by atoms with Crippen molar-refractivity contribution in [3.05, 3.63) is 45.4 Å². The van der Waals surface area contributed by atoms with Crippen LogP contribution in [0.5, 0.6) is 0 Å². The molecule has 1 heterocycles. The van der Waals surface area contributed by atoms with Crippen LogP contribution in [-0.4, -0.2) is 15.9 Å². The summed E-state index contributed by atoms with van der Waals surface area (Å²) < 4.78 is 3.84. The van der Waals surface area contributed by atoms with E-state index in [1.165, 1.54) is 11.8 Å². The molecular weight excluding hydrogens is 297 g/mol. The zero-order valence-corrected chi connectivity index (χ0v) is 11.7. The summed E-state index contributed by atoms with van der Waals surface area (Å²) in [5, 5.41) is 0.458. The molecule has 2 nitrogen and oxygen atoms in total. The van der Waals surface area contributed by atoms with Gasteiger partial charge in [0.05, 0.1) is 5.75 Å². The normalized spacial score (nSPS) is 10.5. The molecule has 1 aromatic carbocycles. The molecule has 1 aromatic heterocycles. The summed E-state index contributed by atoms with van der Waals surface area (Å²) in [7, 11) is 0. The maximum absolute atomic E-state index is 11.9. The fraction of sp³-hybridized carbons (Fsp3) is 0.0909. The van der Waals surface area contributed by atoms with Gasteiger partial charge in [0.15, 0.2) is 10.9 Å². The largest absolute Gasteiger partial charge is 0.292 e. The first-order chi connectivity index (χ1) is 8.18. The van der Waals surface area contributed by atoms with Gasteiger partial charge in [-0.3, -0.25) is 4.79 Å². The van der Waals surface area contributed by atoms with Crippen LogP contribution >= 0.6 is 46.5 Å². The Kier molecular flexibility index (Phi) is 4.45. The highest BCUT2D eigenvalue weighted by molar-refractivity contribution is 8.00. The molecule has 0 saturated carbocycles. The predicted octanol–water partition coefficient (Wildman–Crippen LogP) is 4.42. The molecule has 0 saturated heterocycles. The van der Waals surface area contributed by atoms with Gasteiger partial charge in [0, 0.05) is 4.90 Å². The Morgan fingerprint density at radius 2 is 2.00 bits per heavy atom. The molecule has 0 N–H and O–H groups in total. The molecule has 0 spiro atoms. The average Bonchev–Trinajstić information content (AvgIpc) is 2.69. The lowest BCUT2D eigenvalue weighted by Crippen LogP contribution is -2.00. The maximum Gasteiger partial charge on any atom is 0.186 e. The van der Waals surface area contributed by atoms with Crippen LogP contribution in [0, 0.1) is 0 Å². The smallest absolute Gasteiger partial charge is 0.186 e. The number of carbonyl (C=O) groups is 1. The third kappa shape index (κ3) is 3.22. The Labute approximate surface area is 117 Å². The highest BCUT2D eigenvalue weighted by Crippen LogP contribution is 2.30. The van der Waals surface area contributed by atoms with E-state index in [4.69, 9.17) is 23.2 Å². The van der Waals surface area contributed by atoms with Crippen molar-refractivity contribution in [1.29, 1.82) is 0 Å².